The first-order chi connectivity index (χ1) is 22.2. The van der Waals surface area contributed by atoms with Gasteiger partial charge in [-0.15, -0.1) is 0 Å². The number of piperidine rings is 1. The smallest absolute Gasteiger partial charge is 0.319 e. The van der Waals surface area contributed by atoms with E-state index in [1.165, 1.54) is 24.4 Å². The Morgan fingerprint density at radius 2 is 2.00 bits per heavy atom. The molecule has 1 amide bonds. The summed E-state index contributed by atoms with van der Waals surface area (Å²) in [5, 5.41) is 14.8. The van der Waals surface area contributed by atoms with E-state index in [1.54, 1.807) is 6.07 Å². The molecule has 0 saturated carbocycles. The van der Waals surface area contributed by atoms with Crippen LogP contribution in [0.4, 0.5) is 19.0 Å². The molecule has 4 aliphatic heterocycles. The van der Waals surface area contributed by atoms with Crippen LogP contribution in [-0.4, -0.2) is 81.9 Å². The zero-order valence-corrected chi connectivity index (χ0v) is 25.6. The number of anilines is 1. The van der Waals surface area contributed by atoms with E-state index in [4.69, 9.17) is 9.72 Å². The lowest BCUT2D eigenvalue weighted by Gasteiger charge is -2.47. The number of hydrogen-bond acceptors (Lipinski definition) is 8. The van der Waals surface area contributed by atoms with Crippen molar-refractivity contribution in [1.82, 2.24) is 25.2 Å². The monoisotopic (exact) mass is 632 g/mol. The molecule has 0 radical (unpaired) electrons. The first-order valence-electron chi connectivity index (χ1n) is 16.1. The van der Waals surface area contributed by atoms with Crippen LogP contribution in [-0.2, 0) is 11.2 Å². The second kappa shape index (κ2) is 10.7. The van der Waals surface area contributed by atoms with Crippen molar-refractivity contribution in [2.24, 2.45) is 5.41 Å². The number of nitrogens with zero attached hydrogens (tertiary/aromatic N) is 5. The highest BCUT2D eigenvalue weighted by atomic mass is 19.1. The molecule has 4 fully saturated rings. The van der Waals surface area contributed by atoms with Crippen molar-refractivity contribution in [3.05, 3.63) is 47.7 Å². The number of amides is 1. The van der Waals surface area contributed by atoms with Crippen molar-refractivity contribution in [1.29, 1.82) is 0 Å². The molecule has 8 rings (SSSR count). The largest absolute Gasteiger partial charge is 0.508 e. The Kier molecular flexibility index (Phi) is 6.79. The number of aromatic nitrogens is 3. The van der Waals surface area contributed by atoms with Crippen LogP contribution in [0.25, 0.3) is 32.9 Å². The Bertz CT molecular complexity index is 1910. The number of alkyl halides is 1. The number of nitrogens with one attached hydrogen (secondary N) is 1. The molecule has 46 heavy (non-hydrogen) atoms. The van der Waals surface area contributed by atoms with Gasteiger partial charge in [0.2, 0.25) is 5.91 Å². The van der Waals surface area contributed by atoms with Crippen molar-refractivity contribution in [3.63, 3.8) is 0 Å². The van der Waals surface area contributed by atoms with Crippen LogP contribution in [0, 0.1) is 17.0 Å². The molecule has 4 saturated heterocycles. The van der Waals surface area contributed by atoms with Gasteiger partial charge in [0.15, 0.2) is 5.82 Å². The van der Waals surface area contributed by atoms with Gasteiger partial charge in [-0.05, 0) is 73.2 Å². The summed E-state index contributed by atoms with van der Waals surface area (Å²) in [4.78, 5) is 30.5. The highest BCUT2D eigenvalue weighted by molar-refractivity contribution is 6.02. The second-order valence-corrected chi connectivity index (χ2v) is 13.3. The lowest BCUT2D eigenvalue weighted by atomic mass is 9.74. The number of fused-ring (bicyclic) bond motifs is 3. The molecule has 1 spiro atoms. The molecule has 1 unspecified atom stereocenters. The average molecular weight is 633 g/mol. The van der Waals surface area contributed by atoms with E-state index in [-0.39, 0.29) is 41.0 Å². The van der Waals surface area contributed by atoms with E-state index in [1.807, 2.05) is 11.8 Å². The predicted octanol–water partition coefficient (Wildman–Crippen LogP) is 5.06. The number of phenolic OH excluding ortho intramolecular Hbond substituents is 1. The maximum Gasteiger partial charge on any atom is 0.319 e. The van der Waals surface area contributed by atoms with E-state index >= 15 is 4.39 Å². The summed E-state index contributed by atoms with van der Waals surface area (Å²) >= 11 is 0. The third kappa shape index (κ3) is 4.47. The Hall–Kier alpha value is -4.19. The van der Waals surface area contributed by atoms with Gasteiger partial charge in [0.1, 0.15) is 41.4 Å². The minimum absolute atomic E-state index is 0.00390. The number of halogens is 3. The molecule has 0 aliphatic carbocycles. The summed E-state index contributed by atoms with van der Waals surface area (Å²) in [5.74, 6) is -0.887. The second-order valence-electron chi connectivity index (χ2n) is 13.3. The van der Waals surface area contributed by atoms with Crippen LogP contribution in [0.2, 0.25) is 0 Å². The summed E-state index contributed by atoms with van der Waals surface area (Å²) < 4.78 is 52.5. The van der Waals surface area contributed by atoms with Gasteiger partial charge >= 0.3 is 6.01 Å². The Labute approximate surface area is 263 Å². The van der Waals surface area contributed by atoms with Gasteiger partial charge in [0.25, 0.3) is 0 Å². The van der Waals surface area contributed by atoms with E-state index in [0.29, 0.717) is 66.6 Å². The molecule has 3 atom stereocenters. The van der Waals surface area contributed by atoms with Gasteiger partial charge in [0.05, 0.1) is 16.3 Å². The fourth-order valence-corrected chi connectivity index (χ4v) is 8.25. The van der Waals surface area contributed by atoms with Crippen molar-refractivity contribution < 1.29 is 27.8 Å². The molecule has 9 nitrogen and oxygen atoms in total. The van der Waals surface area contributed by atoms with Gasteiger partial charge in [-0.25, -0.2) is 13.2 Å². The molecular weight excluding hydrogens is 597 g/mol. The van der Waals surface area contributed by atoms with Crippen molar-refractivity contribution >= 4 is 33.4 Å². The molecule has 4 aromatic rings. The normalized spacial score (nSPS) is 26.1. The van der Waals surface area contributed by atoms with Crippen molar-refractivity contribution in [2.75, 3.05) is 44.2 Å². The first-order valence-corrected chi connectivity index (χ1v) is 16.1. The average Bonchev–Trinajstić information content (AvgIpc) is 3.58. The molecule has 2 N–H and O–H groups in total. The lowest BCUT2D eigenvalue weighted by Crippen LogP contribution is -2.65. The number of phenols is 1. The van der Waals surface area contributed by atoms with Crippen LogP contribution < -0.4 is 15.0 Å². The molecule has 2 aromatic carbocycles. The number of aromatic hydroxyl groups is 1. The van der Waals surface area contributed by atoms with Gasteiger partial charge in [-0.2, -0.15) is 9.97 Å². The van der Waals surface area contributed by atoms with Gasteiger partial charge < -0.3 is 20.1 Å². The summed E-state index contributed by atoms with van der Waals surface area (Å²) in [6.07, 6.45) is 4.51. The standard InChI is InChI=1S/C34H35F3N6O3/c1-2-22-25(36)6-5-19-11-21(44)12-23(26(19)22)28-27(37)29-24(14-38-28)30(42-9-3-7-33(17-42)16-39-31(33)45)41-32(40-29)46-18-34-8-4-10-43(34)15-20(35)13-34/h5-6,11-12,14,20,44H,2-4,7-10,13,15-18H2,1H3,(H,39,45)/t20-,33?,34+/m1/s1. The van der Waals surface area contributed by atoms with Gasteiger partial charge in [-0.3, -0.25) is 14.7 Å². The third-order valence-corrected chi connectivity index (χ3v) is 10.6. The summed E-state index contributed by atoms with van der Waals surface area (Å²) in [6.45, 7) is 4.72. The number of rotatable bonds is 6. The van der Waals surface area contributed by atoms with E-state index < -0.39 is 28.8 Å². The van der Waals surface area contributed by atoms with Gasteiger partial charge in [0, 0.05) is 44.4 Å². The number of carbonyl (C=O) groups excluding carboxylic acids is 1. The Morgan fingerprint density at radius 3 is 2.78 bits per heavy atom. The van der Waals surface area contributed by atoms with E-state index in [0.717, 1.165) is 32.2 Å². The van der Waals surface area contributed by atoms with Crippen molar-refractivity contribution in [2.45, 2.75) is 57.2 Å². The fraction of sp³-hybridized carbons (Fsp3) is 0.471. The Balaban J connectivity index is 1.27. The summed E-state index contributed by atoms with van der Waals surface area (Å²) in [6, 6.07) is 5.76. The van der Waals surface area contributed by atoms with Crippen molar-refractivity contribution in [3.8, 4) is 23.0 Å². The highest BCUT2D eigenvalue weighted by Gasteiger charge is 2.50. The maximum absolute atomic E-state index is 16.9. The third-order valence-electron chi connectivity index (χ3n) is 10.6. The first kappa shape index (κ1) is 29.2. The van der Waals surface area contributed by atoms with Gasteiger partial charge in [-0.1, -0.05) is 13.0 Å². The van der Waals surface area contributed by atoms with Crippen LogP contribution in [0.5, 0.6) is 11.8 Å². The van der Waals surface area contributed by atoms with Crippen LogP contribution in [0.3, 0.4) is 0 Å². The lowest BCUT2D eigenvalue weighted by molar-refractivity contribution is -0.140. The highest BCUT2D eigenvalue weighted by Crippen LogP contribution is 2.43. The topological polar surface area (TPSA) is 104 Å². The number of benzene rings is 2. The van der Waals surface area contributed by atoms with E-state index in [2.05, 4.69) is 20.2 Å². The number of pyridine rings is 1. The zero-order valence-electron chi connectivity index (χ0n) is 25.6. The molecular formula is C34H35F3N6O3. The number of ether oxygens (including phenoxy) is 1. The number of carbonyl (C=O) groups is 1. The fourth-order valence-electron chi connectivity index (χ4n) is 8.25. The molecule has 6 heterocycles. The van der Waals surface area contributed by atoms with Crippen LogP contribution in [0.1, 0.15) is 44.6 Å². The molecule has 2 aromatic heterocycles. The molecule has 240 valence electrons. The molecule has 12 heteroatoms. The van der Waals surface area contributed by atoms with Crippen LogP contribution >= 0.6 is 0 Å². The zero-order chi connectivity index (χ0) is 31.8. The molecule has 4 aliphatic rings. The Morgan fingerprint density at radius 1 is 1.15 bits per heavy atom. The maximum atomic E-state index is 16.9. The summed E-state index contributed by atoms with van der Waals surface area (Å²) in [7, 11) is 0. The minimum Gasteiger partial charge on any atom is -0.508 e. The molecule has 0 bridgehead atoms. The minimum atomic E-state index is -0.934. The number of β-lactam (4-membered cyclic amide) rings is 1. The number of aryl methyl sites for hydroxylation is 1. The predicted molar refractivity (Wildman–Crippen MR) is 167 cm³/mol. The quantitative estimate of drug-likeness (QED) is 0.285. The summed E-state index contributed by atoms with van der Waals surface area (Å²) in [5.41, 5.74) is -0.482. The number of hydrogen-bond donors (Lipinski definition) is 2. The SMILES string of the molecule is CCc1c(F)ccc2cc(O)cc(-c3ncc4c(N5CCCC6(CNC6=O)C5)nc(OC[C@@]56CCCN5C[C@H](F)C6)nc4c3F)c12. The van der Waals surface area contributed by atoms with E-state index in [9.17, 15) is 18.7 Å². The van der Waals surface area contributed by atoms with Crippen LogP contribution in [0.15, 0.2) is 30.5 Å².